The molecule has 178 valence electrons. The van der Waals surface area contributed by atoms with Crippen molar-refractivity contribution in [1.29, 1.82) is 0 Å². The molecule has 8 nitrogen and oxygen atoms in total. The van der Waals surface area contributed by atoms with Crippen LogP contribution in [0.1, 0.15) is 33.7 Å². The zero-order valence-electron chi connectivity index (χ0n) is 20.0. The number of carbonyl (C=O) groups excluding carboxylic acids is 1. The van der Waals surface area contributed by atoms with Crippen LogP contribution in [0.2, 0.25) is 0 Å². The number of methoxy groups -OCH3 is 2. The standard InChI is InChI=1S/C25H35N5O3/c1-5-11-30-21-10-9-19(26-17-18-7-6-8-22(32-3)24(18)33-4)16-20(21)23(27-30)25(31)29-14-12-28(2)13-15-29/h5-8,19,26H,1,9-17H2,2-4H3. The smallest absolute Gasteiger partial charge is 0.274 e. The fraction of sp³-hybridized carbons (Fsp3) is 0.520. The largest absolute Gasteiger partial charge is 0.493 e. The Hall–Kier alpha value is -2.84. The highest BCUT2D eigenvalue weighted by Crippen LogP contribution is 2.31. The lowest BCUT2D eigenvalue weighted by atomic mass is 9.90. The van der Waals surface area contributed by atoms with E-state index in [-0.39, 0.29) is 11.9 Å². The van der Waals surface area contributed by atoms with Crippen LogP contribution < -0.4 is 14.8 Å². The highest BCUT2D eigenvalue weighted by molar-refractivity contribution is 5.94. The van der Waals surface area contributed by atoms with Gasteiger partial charge in [0.25, 0.3) is 5.91 Å². The maximum Gasteiger partial charge on any atom is 0.274 e. The number of aromatic nitrogens is 2. The molecular weight excluding hydrogens is 418 g/mol. The molecule has 1 fully saturated rings. The number of para-hydroxylation sites is 1. The van der Waals surface area contributed by atoms with Crippen LogP contribution in [0.3, 0.4) is 0 Å². The molecule has 2 aromatic rings. The molecule has 2 aliphatic rings. The van der Waals surface area contributed by atoms with E-state index in [1.54, 1.807) is 14.2 Å². The van der Waals surface area contributed by atoms with Gasteiger partial charge < -0.3 is 24.6 Å². The number of fused-ring (bicyclic) bond motifs is 1. The fourth-order valence-electron chi connectivity index (χ4n) is 4.81. The van der Waals surface area contributed by atoms with Gasteiger partial charge in [0.1, 0.15) is 0 Å². The Morgan fingerprint density at radius 2 is 2.03 bits per heavy atom. The number of hydrogen-bond donors (Lipinski definition) is 1. The molecule has 1 aliphatic carbocycles. The molecule has 1 aliphatic heterocycles. The minimum absolute atomic E-state index is 0.0530. The summed E-state index contributed by atoms with van der Waals surface area (Å²) in [6, 6.07) is 6.18. The van der Waals surface area contributed by atoms with Crippen molar-refractivity contribution in [2.24, 2.45) is 0 Å². The third-order valence-corrected chi connectivity index (χ3v) is 6.71. The van der Waals surface area contributed by atoms with E-state index in [9.17, 15) is 4.79 Å². The second-order valence-corrected chi connectivity index (χ2v) is 8.81. The first-order chi connectivity index (χ1) is 16.0. The quantitative estimate of drug-likeness (QED) is 0.618. The second-order valence-electron chi connectivity index (χ2n) is 8.81. The van der Waals surface area contributed by atoms with E-state index in [2.05, 4.69) is 23.8 Å². The van der Waals surface area contributed by atoms with E-state index in [4.69, 9.17) is 14.6 Å². The van der Waals surface area contributed by atoms with Crippen LogP contribution in [-0.4, -0.2) is 79.0 Å². The normalized spacial score (nSPS) is 18.6. The van der Waals surface area contributed by atoms with Crippen molar-refractivity contribution in [3.8, 4) is 11.5 Å². The van der Waals surface area contributed by atoms with Crippen molar-refractivity contribution in [1.82, 2.24) is 24.9 Å². The van der Waals surface area contributed by atoms with Gasteiger partial charge >= 0.3 is 0 Å². The highest BCUT2D eigenvalue weighted by Gasteiger charge is 2.31. The molecule has 1 unspecified atom stereocenters. The van der Waals surface area contributed by atoms with Crippen LogP contribution in [0.25, 0.3) is 0 Å². The molecule has 1 aromatic carbocycles. The Morgan fingerprint density at radius 1 is 1.24 bits per heavy atom. The summed E-state index contributed by atoms with van der Waals surface area (Å²) in [5, 5.41) is 8.43. The number of benzene rings is 1. The molecular formula is C25H35N5O3. The van der Waals surface area contributed by atoms with E-state index in [0.717, 1.165) is 68.1 Å². The number of ether oxygens (including phenoxy) is 2. The third kappa shape index (κ3) is 4.91. The van der Waals surface area contributed by atoms with E-state index < -0.39 is 0 Å². The lowest BCUT2D eigenvalue weighted by Gasteiger charge is -2.32. The van der Waals surface area contributed by atoms with Gasteiger partial charge in [-0.2, -0.15) is 5.10 Å². The van der Waals surface area contributed by atoms with E-state index in [0.29, 0.717) is 18.8 Å². The molecule has 0 saturated carbocycles. The zero-order valence-corrected chi connectivity index (χ0v) is 20.0. The lowest BCUT2D eigenvalue weighted by Crippen LogP contribution is -2.47. The average molecular weight is 454 g/mol. The Morgan fingerprint density at radius 3 is 2.73 bits per heavy atom. The summed E-state index contributed by atoms with van der Waals surface area (Å²) in [5.41, 5.74) is 3.92. The Bertz CT molecular complexity index is 994. The predicted octanol–water partition coefficient (Wildman–Crippen LogP) is 2.12. The number of likely N-dealkylation sites (N-methyl/N-ethyl adjacent to an activating group) is 1. The monoisotopic (exact) mass is 453 g/mol. The van der Waals surface area contributed by atoms with Crippen molar-refractivity contribution in [3.63, 3.8) is 0 Å². The van der Waals surface area contributed by atoms with Crippen LogP contribution >= 0.6 is 0 Å². The number of piperazine rings is 1. The number of hydrogen-bond acceptors (Lipinski definition) is 6. The molecule has 2 heterocycles. The van der Waals surface area contributed by atoms with Gasteiger partial charge in [0.2, 0.25) is 0 Å². The summed E-state index contributed by atoms with van der Waals surface area (Å²) < 4.78 is 13.0. The van der Waals surface area contributed by atoms with Gasteiger partial charge in [0.15, 0.2) is 17.2 Å². The SMILES string of the molecule is C=CCn1nc(C(=O)N2CCN(C)CC2)c2c1CCC(NCc1cccc(OC)c1OC)C2. The molecule has 33 heavy (non-hydrogen) atoms. The van der Waals surface area contributed by atoms with Gasteiger partial charge in [0, 0.05) is 55.6 Å². The van der Waals surface area contributed by atoms with Crippen molar-refractivity contribution in [2.45, 2.75) is 38.4 Å². The number of carbonyl (C=O) groups is 1. The first-order valence-corrected chi connectivity index (χ1v) is 11.7. The predicted molar refractivity (Wildman–Crippen MR) is 128 cm³/mol. The fourth-order valence-corrected chi connectivity index (χ4v) is 4.81. The lowest BCUT2D eigenvalue weighted by molar-refractivity contribution is 0.0656. The molecule has 4 rings (SSSR count). The van der Waals surface area contributed by atoms with Crippen LogP contribution in [0.5, 0.6) is 11.5 Å². The highest BCUT2D eigenvalue weighted by atomic mass is 16.5. The number of nitrogens with zero attached hydrogens (tertiary/aromatic N) is 4. The molecule has 0 radical (unpaired) electrons. The molecule has 0 bridgehead atoms. The van der Waals surface area contributed by atoms with Gasteiger partial charge in [-0.15, -0.1) is 6.58 Å². The van der Waals surface area contributed by atoms with Crippen LogP contribution in [0, 0.1) is 0 Å². The van der Waals surface area contributed by atoms with E-state index >= 15 is 0 Å². The van der Waals surface area contributed by atoms with Gasteiger partial charge in [-0.3, -0.25) is 9.48 Å². The van der Waals surface area contributed by atoms with E-state index in [1.165, 1.54) is 5.69 Å². The maximum absolute atomic E-state index is 13.4. The molecule has 8 heteroatoms. The van der Waals surface area contributed by atoms with Crippen molar-refractivity contribution in [2.75, 3.05) is 47.4 Å². The topological polar surface area (TPSA) is 71.9 Å². The summed E-state index contributed by atoms with van der Waals surface area (Å²) in [6.45, 7) is 8.45. The molecule has 1 saturated heterocycles. The van der Waals surface area contributed by atoms with Gasteiger partial charge in [-0.1, -0.05) is 18.2 Å². The Kier molecular flexibility index (Phi) is 7.35. The average Bonchev–Trinajstić information content (AvgIpc) is 3.20. The maximum atomic E-state index is 13.4. The third-order valence-electron chi connectivity index (χ3n) is 6.71. The molecule has 1 aromatic heterocycles. The molecule has 0 spiro atoms. The minimum atomic E-state index is 0.0530. The summed E-state index contributed by atoms with van der Waals surface area (Å²) in [4.78, 5) is 17.6. The van der Waals surface area contributed by atoms with Crippen molar-refractivity contribution >= 4 is 5.91 Å². The molecule has 1 N–H and O–H groups in total. The first kappa shape index (κ1) is 23.3. The van der Waals surface area contributed by atoms with Gasteiger partial charge in [-0.25, -0.2) is 0 Å². The van der Waals surface area contributed by atoms with Crippen LogP contribution in [0.15, 0.2) is 30.9 Å². The first-order valence-electron chi connectivity index (χ1n) is 11.7. The second kappa shape index (κ2) is 10.4. The van der Waals surface area contributed by atoms with Crippen LogP contribution in [0.4, 0.5) is 0 Å². The minimum Gasteiger partial charge on any atom is -0.493 e. The Labute approximate surface area is 196 Å². The number of amides is 1. The summed E-state index contributed by atoms with van der Waals surface area (Å²) in [5.74, 6) is 1.54. The summed E-state index contributed by atoms with van der Waals surface area (Å²) >= 11 is 0. The summed E-state index contributed by atoms with van der Waals surface area (Å²) in [7, 11) is 5.41. The summed E-state index contributed by atoms with van der Waals surface area (Å²) in [6.07, 6.45) is 4.51. The van der Waals surface area contributed by atoms with Gasteiger partial charge in [0.05, 0.1) is 20.8 Å². The number of rotatable bonds is 8. The number of allylic oxidation sites excluding steroid dienone is 1. The van der Waals surface area contributed by atoms with E-state index in [1.807, 2.05) is 33.9 Å². The van der Waals surface area contributed by atoms with Gasteiger partial charge in [-0.05, 0) is 32.4 Å². The number of nitrogens with one attached hydrogen (secondary N) is 1. The van der Waals surface area contributed by atoms with Crippen molar-refractivity contribution < 1.29 is 14.3 Å². The molecule has 1 amide bonds. The molecule has 1 atom stereocenters. The Balaban J connectivity index is 1.51. The van der Waals surface area contributed by atoms with Crippen LogP contribution in [-0.2, 0) is 25.9 Å². The zero-order chi connectivity index (χ0) is 23.4. The van der Waals surface area contributed by atoms with Crippen molar-refractivity contribution in [3.05, 3.63) is 53.4 Å².